The van der Waals surface area contributed by atoms with Crippen molar-refractivity contribution in [2.24, 2.45) is 0 Å². The molecule has 3 N–H and O–H groups in total. The summed E-state index contributed by atoms with van der Waals surface area (Å²) in [5, 5.41) is 12.0. The fourth-order valence-electron chi connectivity index (χ4n) is 17.7. The Kier molecular flexibility index (Phi) is 32.9. The van der Waals surface area contributed by atoms with Crippen LogP contribution in [0.2, 0.25) is 48.3 Å². The molecule has 12 aromatic rings. The number of ketones is 2. The van der Waals surface area contributed by atoms with E-state index in [-0.39, 0.29) is 54.6 Å². The van der Waals surface area contributed by atoms with Gasteiger partial charge in [-0.25, -0.2) is 48.8 Å². The Morgan fingerprint density at radius 2 is 0.838 bits per heavy atom. The van der Waals surface area contributed by atoms with E-state index in [1.165, 1.54) is 57.2 Å². The second-order valence-corrected chi connectivity index (χ2v) is 51.2. The first-order valence-electron chi connectivity index (χ1n) is 40.2. The third-order valence-electron chi connectivity index (χ3n) is 23.0. The predicted octanol–water partition coefficient (Wildman–Crippen LogP) is 23.9. The molecule has 0 bridgehead atoms. The van der Waals surface area contributed by atoms with Gasteiger partial charge in [-0.05, 0) is 212 Å². The van der Waals surface area contributed by atoms with Gasteiger partial charge in [-0.3, -0.25) is 29.3 Å². The van der Waals surface area contributed by atoms with Gasteiger partial charge in [0, 0.05) is 90.4 Å². The van der Waals surface area contributed by atoms with Crippen LogP contribution in [0.4, 0.5) is 56.6 Å². The summed E-state index contributed by atoms with van der Waals surface area (Å²) in [7, 11) is -15.9. The summed E-state index contributed by atoms with van der Waals surface area (Å²) in [6, 6.07) is 16.8. The van der Waals surface area contributed by atoms with Gasteiger partial charge in [0.05, 0.1) is 69.2 Å². The summed E-state index contributed by atoms with van der Waals surface area (Å²) < 4.78 is 223. The molecule has 9 aromatic heterocycles. The first-order valence-corrected chi connectivity index (χ1v) is 50.1. The number of aliphatic hydroxyl groups is 1. The van der Waals surface area contributed by atoms with E-state index >= 15 is 0 Å². The Morgan fingerprint density at radius 3 is 1.28 bits per heavy atom. The van der Waals surface area contributed by atoms with Gasteiger partial charge in [0.2, 0.25) is 11.6 Å². The van der Waals surface area contributed by atoms with Crippen LogP contribution < -0.4 is 13.3 Å². The summed E-state index contributed by atoms with van der Waals surface area (Å²) in [6.45, 7) is 35.9. The van der Waals surface area contributed by atoms with Crippen LogP contribution in [0, 0.1) is 41.5 Å². The highest BCUT2D eigenvalue weighted by molar-refractivity contribution is 7.93. The van der Waals surface area contributed by atoms with Gasteiger partial charge >= 0.3 is 18.5 Å². The number of aliphatic hydroxyl groups excluding tert-OH is 1. The van der Waals surface area contributed by atoms with Gasteiger partial charge in [-0.1, -0.05) is 133 Å². The van der Waals surface area contributed by atoms with E-state index in [0.717, 1.165) is 50.7 Å². The van der Waals surface area contributed by atoms with Crippen LogP contribution in [0.15, 0.2) is 161 Å². The van der Waals surface area contributed by atoms with Crippen LogP contribution in [0.25, 0.3) is 33.1 Å². The lowest BCUT2D eigenvalue weighted by Gasteiger charge is -2.44. The number of alkyl halides is 9. The number of nitrogens with zero attached hydrogens (tertiary/aromatic N) is 10. The van der Waals surface area contributed by atoms with E-state index in [0.29, 0.717) is 123 Å². The van der Waals surface area contributed by atoms with Crippen LogP contribution in [0.3, 0.4) is 0 Å². The van der Waals surface area contributed by atoms with Crippen LogP contribution in [-0.2, 0) is 58.1 Å². The fraction of sp³-hybridized carbons (Fsp3) is 0.378. The summed E-state index contributed by atoms with van der Waals surface area (Å²) in [5.41, 5.74) is 3.82. The van der Waals surface area contributed by atoms with Crippen LogP contribution in [-0.4, -0.2) is 129 Å². The second kappa shape index (κ2) is 40.4. The quantitative estimate of drug-likeness (QED) is 0.0186. The number of fused-ring (bicyclic) bond motifs is 3. The van der Waals surface area contributed by atoms with Gasteiger partial charge < -0.3 is 28.0 Å². The molecular formula is C90H106Cl3F9N12O11S3Si2. The molecule has 130 heavy (non-hydrogen) atoms. The molecule has 0 saturated heterocycles. The minimum Gasteiger partial charge on any atom is -0.382 e. The smallest absolute Gasteiger partial charge is 0.382 e. The lowest BCUT2D eigenvalue weighted by molar-refractivity contribution is -0.138. The number of aryl methyl sites for hydroxylation is 6. The number of aromatic nitrogens is 9. The number of methoxy groups -OCH3 is 2. The number of anilines is 3. The molecular weight excluding hydrogens is 1850 g/mol. The number of aromatic amines is 1. The van der Waals surface area contributed by atoms with Crippen molar-refractivity contribution in [1.82, 2.24) is 43.4 Å². The predicted molar refractivity (Wildman–Crippen MR) is 497 cm³/mol. The Bertz CT molecular complexity index is 6550. The van der Waals surface area contributed by atoms with Gasteiger partial charge in [0.25, 0.3) is 30.1 Å². The van der Waals surface area contributed by atoms with E-state index in [9.17, 15) is 79.5 Å². The molecule has 0 spiro atoms. The minimum absolute atomic E-state index is 0. The van der Waals surface area contributed by atoms with Crippen molar-refractivity contribution in [2.75, 3.05) is 41.0 Å². The lowest BCUT2D eigenvalue weighted by Crippen LogP contribution is -2.51. The third-order valence-corrected chi connectivity index (χ3v) is 42.3. The first-order chi connectivity index (χ1) is 59.5. The number of nitrogens with one attached hydrogen (secondary N) is 2. The molecule has 23 nitrogen and oxygen atoms in total. The minimum atomic E-state index is -4.90. The topological polar surface area (TPSA) is 297 Å². The number of hydrogen-bond acceptors (Lipinski definition) is 17. The molecule has 0 fully saturated rings. The van der Waals surface area contributed by atoms with Crippen molar-refractivity contribution < 1.29 is 88.9 Å². The number of hydrogen-bond donors (Lipinski definition) is 3. The molecule has 0 saturated carbocycles. The van der Waals surface area contributed by atoms with E-state index in [1.54, 1.807) is 59.3 Å². The highest BCUT2D eigenvalue weighted by atomic mass is 35.5. The Morgan fingerprint density at radius 1 is 0.469 bits per heavy atom. The fourth-order valence-corrected chi connectivity index (χ4v) is 35.4. The Balaban J connectivity index is 0.000000242. The van der Waals surface area contributed by atoms with Gasteiger partial charge in [0.1, 0.15) is 47.9 Å². The SMILES string of the molecule is C.C.COCN(c1cc(C)cnc1C(=O)c1c(C)cnc2c1ccn2[Si](C(C)C)(C(C)C)C(C)C)S(=O)(=O)c1ccc(Cl)c(C(F)(F)F)c1.COCN(c1cc(C)cnc1C(O)c1c(C)cnc2c1ccn2[Si](C(C)C)(C(C)C)C(C)C)S(=O)(=O)c1ccc(Cl)c(C(F)(F)F)c1.Cc1cnc(C(=O)c2c(C)cnc3[nH]ccc23)c(NS(=O)(=O)c2ccc(Cl)c(C(F)(F)F)c2)c1. The molecule has 0 aliphatic carbocycles. The molecule has 40 heteroatoms. The molecule has 3 aromatic carbocycles. The largest absolute Gasteiger partial charge is 0.417 e. The number of benzene rings is 3. The number of rotatable bonds is 27. The average Bonchev–Trinajstić information content (AvgIpc) is 1.56. The maximum Gasteiger partial charge on any atom is 0.417 e. The van der Waals surface area contributed by atoms with Crippen molar-refractivity contribution >= 4 is 143 Å². The Labute approximate surface area is 768 Å². The molecule has 9 heterocycles. The number of sulfonamides is 3. The van der Waals surface area contributed by atoms with E-state index in [4.69, 9.17) is 54.2 Å². The molecule has 0 amide bonds. The standard InChI is InChI=1S/C33H42ClF3N4O4SSi.C33H40ClF3N4O4SSi.C22H16ClF3N4O3S.2CH4/c2*1-19(2)47(20(3)4,21(5)6)41-13-12-25-29(23(8)17-39-32(25)41)31(42)30-28(14-22(7)16-38-30)40(18-45-9)46(43,44)24-10-11-27(34)26(15-24)33(35,36)37;1-11-7-17(30-34(32,33)13-3-4-16(23)15(8-13)22(24,25)26)19(28-9-11)20(31)18-12(2)10-29-21-14(18)5-6-27-21;;/h10-17,19-21,31,42H,18H2,1-9H3;10-17,19-21H,18H2,1-9H3;3-10,30H,1-2H3,(H,27,29);2*1H4. The molecule has 0 aliphatic rings. The maximum absolute atomic E-state index is 14.6. The molecule has 0 radical (unpaired) electrons. The van der Waals surface area contributed by atoms with Crippen LogP contribution in [0.5, 0.6) is 0 Å². The molecule has 702 valence electrons. The summed E-state index contributed by atoms with van der Waals surface area (Å²) in [6.07, 6.45) is -1.26. The van der Waals surface area contributed by atoms with Crippen molar-refractivity contribution in [1.29, 1.82) is 0 Å². The van der Waals surface area contributed by atoms with Crippen LogP contribution >= 0.6 is 34.8 Å². The zero-order valence-electron chi connectivity index (χ0n) is 73.6. The van der Waals surface area contributed by atoms with Crippen molar-refractivity contribution in [2.45, 2.75) is 212 Å². The highest BCUT2D eigenvalue weighted by Gasteiger charge is 2.49. The lowest BCUT2D eigenvalue weighted by atomic mass is 9.98. The number of carbonyl (C=O) groups excluding carboxylic acids is 2. The molecule has 1 atom stereocenters. The normalized spacial score (nSPS) is 12.8. The highest BCUT2D eigenvalue weighted by Crippen LogP contribution is 2.49. The third kappa shape index (κ3) is 20.4. The van der Waals surface area contributed by atoms with Gasteiger partial charge in [-0.2, -0.15) is 39.5 Å². The number of pyridine rings is 6. The number of ether oxygens (including phenoxy) is 2. The number of halogens is 12. The Hall–Kier alpha value is -9.68. The maximum atomic E-state index is 14.6. The van der Waals surface area contributed by atoms with E-state index in [1.807, 2.05) is 31.5 Å². The second-order valence-electron chi connectivity index (χ2n) is 33.1. The molecule has 1 unspecified atom stereocenters. The van der Waals surface area contributed by atoms with Gasteiger partial charge in [0.15, 0.2) is 16.5 Å². The monoisotopic (exact) mass is 1960 g/mol. The number of H-pyrrole nitrogens is 1. The van der Waals surface area contributed by atoms with E-state index < -0.39 is 143 Å². The summed E-state index contributed by atoms with van der Waals surface area (Å²) >= 11 is 17.2. The van der Waals surface area contributed by atoms with Crippen molar-refractivity contribution in [3.8, 4) is 0 Å². The number of carbonyl (C=O) groups is 2. The zero-order chi connectivity index (χ0) is 95.3. The van der Waals surface area contributed by atoms with E-state index in [2.05, 4.69) is 121 Å². The molecule has 0 aliphatic heterocycles. The summed E-state index contributed by atoms with van der Waals surface area (Å²) in [5.74, 6) is -1.13. The molecule has 12 rings (SSSR count). The average molecular weight is 1960 g/mol. The van der Waals surface area contributed by atoms with Crippen molar-refractivity contribution in [3.63, 3.8) is 0 Å². The zero-order valence-corrected chi connectivity index (χ0v) is 80.3. The van der Waals surface area contributed by atoms with Crippen LogP contribution in [0.1, 0.15) is 197 Å². The first kappa shape index (κ1) is 106. The summed E-state index contributed by atoms with van der Waals surface area (Å²) in [4.78, 5) is 55.8. The van der Waals surface area contributed by atoms with Gasteiger partial charge in [-0.15, -0.1) is 0 Å². The van der Waals surface area contributed by atoms with Crippen molar-refractivity contribution in [3.05, 3.63) is 246 Å².